The SMILES string of the molecule is O=C(CNc1ccc(C(=O)N2CCCCCC2)cc1)Nc1cccc(C(=O)NCC2CCCO2)c1. The van der Waals surface area contributed by atoms with Crippen LogP contribution in [0.15, 0.2) is 48.5 Å². The van der Waals surface area contributed by atoms with E-state index in [-0.39, 0.29) is 30.4 Å². The molecule has 1 atom stereocenters. The molecule has 186 valence electrons. The predicted octanol–water partition coefficient (Wildman–Crippen LogP) is 3.66. The number of likely N-dealkylation sites (tertiary alicyclic amines) is 1. The number of benzene rings is 2. The third-order valence-electron chi connectivity index (χ3n) is 6.40. The van der Waals surface area contributed by atoms with Crippen molar-refractivity contribution in [2.24, 2.45) is 0 Å². The van der Waals surface area contributed by atoms with Crippen molar-refractivity contribution in [1.82, 2.24) is 10.2 Å². The van der Waals surface area contributed by atoms with Crippen molar-refractivity contribution in [1.29, 1.82) is 0 Å². The van der Waals surface area contributed by atoms with Gasteiger partial charge in [0.2, 0.25) is 5.91 Å². The lowest BCUT2D eigenvalue weighted by Crippen LogP contribution is -2.31. The lowest BCUT2D eigenvalue weighted by Gasteiger charge is -2.20. The van der Waals surface area contributed by atoms with Gasteiger partial charge < -0.3 is 25.6 Å². The molecule has 0 radical (unpaired) electrons. The average Bonchev–Trinajstić information content (AvgIpc) is 3.26. The molecule has 2 aliphatic heterocycles. The molecular weight excluding hydrogens is 444 g/mol. The van der Waals surface area contributed by atoms with Gasteiger partial charge in [0.25, 0.3) is 11.8 Å². The number of rotatable bonds is 8. The Morgan fingerprint density at radius 2 is 1.66 bits per heavy atom. The minimum atomic E-state index is -0.230. The van der Waals surface area contributed by atoms with E-state index >= 15 is 0 Å². The molecule has 1 unspecified atom stereocenters. The Kier molecular flexibility index (Phi) is 8.73. The maximum atomic E-state index is 12.7. The van der Waals surface area contributed by atoms with Gasteiger partial charge in [-0.25, -0.2) is 0 Å². The molecule has 0 bridgehead atoms. The van der Waals surface area contributed by atoms with Crippen molar-refractivity contribution in [3.05, 3.63) is 59.7 Å². The molecule has 4 rings (SSSR count). The van der Waals surface area contributed by atoms with Gasteiger partial charge in [0, 0.05) is 48.7 Å². The molecule has 2 aliphatic rings. The van der Waals surface area contributed by atoms with Gasteiger partial charge in [0.1, 0.15) is 0 Å². The Hall–Kier alpha value is -3.39. The highest BCUT2D eigenvalue weighted by Crippen LogP contribution is 2.16. The van der Waals surface area contributed by atoms with Crippen LogP contribution < -0.4 is 16.0 Å². The Balaban J connectivity index is 1.24. The molecule has 0 aliphatic carbocycles. The number of hydrogen-bond acceptors (Lipinski definition) is 5. The number of carbonyl (C=O) groups excluding carboxylic acids is 3. The van der Waals surface area contributed by atoms with Gasteiger partial charge in [-0.1, -0.05) is 18.9 Å². The predicted molar refractivity (Wildman–Crippen MR) is 136 cm³/mol. The van der Waals surface area contributed by atoms with E-state index < -0.39 is 0 Å². The zero-order valence-electron chi connectivity index (χ0n) is 20.1. The molecule has 2 aromatic rings. The first-order valence-electron chi connectivity index (χ1n) is 12.5. The van der Waals surface area contributed by atoms with E-state index in [0.717, 1.165) is 51.1 Å². The molecule has 2 fully saturated rings. The number of anilines is 2. The van der Waals surface area contributed by atoms with Crippen LogP contribution >= 0.6 is 0 Å². The highest BCUT2D eigenvalue weighted by Gasteiger charge is 2.18. The molecule has 2 heterocycles. The van der Waals surface area contributed by atoms with Gasteiger partial charge >= 0.3 is 0 Å². The number of ether oxygens (including phenoxy) is 1. The van der Waals surface area contributed by atoms with Crippen LogP contribution in [0, 0.1) is 0 Å². The summed E-state index contributed by atoms with van der Waals surface area (Å²) in [5, 5.41) is 8.78. The summed E-state index contributed by atoms with van der Waals surface area (Å²) in [6.07, 6.45) is 6.55. The molecule has 0 spiro atoms. The number of nitrogens with zero attached hydrogens (tertiary/aromatic N) is 1. The summed E-state index contributed by atoms with van der Waals surface area (Å²) in [5.41, 5.74) is 2.46. The van der Waals surface area contributed by atoms with Crippen LogP contribution in [0.4, 0.5) is 11.4 Å². The third kappa shape index (κ3) is 7.29. The lowest BCUT2D eigenvalue weighted by atomic mass is 10.1. The van der Waals surface area contributed by atoms with Crippen LogP contribution in [0.1, 0.15) is 59.2 Å². The number of amides is 3. The molecule has 3 amide bonds. The van der Waals surface area contributed by atoms with Gasteiger partial charge in [-0.05, 0) is 68.1 Å². The Morgan fingerprint density at radius 1 is 0.886 bits per heavy atom. The van der Waals surface area contributed by atoms with E-state index in [4.69, 9.17) is 4.74 Å². The van der Waals surface area contributed by atoms with Crippen molar-refractivity contribution in [3.8, 4) is 0 Å². The molecular formula is C27H34N4O4. The quantitative estimate of drug-likeness (QED) is 0.538. The van der Waals surface area contributed by atoms with Crippen molar-refractivity contribution < 1.29 is 19.1 Å². The largest absolute Gasteiger partial charge is 0.376 e. The number of nitrogens with one attached hydrogen (secondary N) is 3. The van der Waals surface area contributed by atoms with Crippen LogP contribution in [0.3, 0.4) is 0 Å². The summed E-state index contributed by atoms with van der Waals surface area (Å²) in [6, 6.07) is 14.1. The van der Waals surface area contributed by atoms with E-state index in [2.05, 4.69) is 16.0 Å². The molecule has 35 heavy (non-hydrogen) atoms. The normalized spacial score (nSPS) is 17.9. The molecule has 8 heteroatoms. The molecule has 0 saturated carbocycles. The highest BCUT2D eigenvalue weighted by molar-refractivity contribution is 5.98. The van der Waals surface area contributed by atoms with Gasteiger partial charge in [-0.15, -0.1) is 0 Å². The average molecular weight is 479 g/mol. The standard InChI is InChI=1S/C27H34N4O4/c32-25(30-23-8-5-7-21(17-23)26(33)29-18-24-9-6-16-35-24)19-28-22-12-10-20(11-13-22)27(34)31-14-3-1-2-4-15-31/h5,7-8,10-13,17,24,28H,1-4,6,9,14-16,18-19H2,(H,29,33)(H,30,32). The first-order valence-corrected chi connectivity index (χ1v) is 12.5. The smallest absolute Gasteiger partial charge is 0.253 e. The zero-order valence-corrected chi connectivity index (χ0v) is 20.1. The van der Waals surface area contributed by atoms with E-state index in [1.807, 2.05) is 17.0 Å². The fourth-order valence-corrected chi connectivity index (χ4v) is 4.43. The Labute approximate surface area is 206 Å². The van der Waals surface area contributed by atoms with Gasteiger partial charge in [-0.3, -0.25) is 14.4 Å². The van der Waals surface area contributed by atoms with Crippen molar-refractivity contribution in [3.63, 3.8) is 0 Å². The van der Waals surface area contributed by atoms with Gasteiger partial charge in [0.15, 0.2) is 0 Å². The summed E-state index contributed by atoms with van der Waals surface area (Å²) in [4.78, 5) is 39.5. The fourth-order valence-electron chi connectivity index (χ4n) is 4.43. The highest BCUT2D eigenvalue weighted by atomic mass is 16.5. The summed E-state index contributed by atoms with van der Waals surface area (Å²) < 4.78 is 5.53. The minimum absolute atomic E-state index is 0.0643. The summed E-state index contributed by atoms with van der Waals surface area (Å²) in [7, 11) is 0. The van der Waals surface area contributed by atoms with Crippen molar-refractivity contribution in [2.75, 3.05) is 43.4 Å². The van der Waals surface area contributed by atoms with Crippen molar-refractivity contribution >= 4 is 29.1 Å². The summed E-state index contributed by atoms with van der Waals surface area (Å²) >= 11 is 0. The van der Waals surface area contributed by atoms with Crippen LogP contribution in [-0.2, 0) is 9.53 Å². The first kappa shape index (κ1) is 24.7. The molecule has 0 aromatic heterocycles. The van der Waals surface area contributed by atoms with Crippen LogP contribution in [0.25, 0.3) is 0 Å². The Morgan fingerprint density at radius 3 is 2.37 bits per heavy atom. The zero-order chi connectivity index (χ0) is 24.5. The van der Waals surface area contributed by atoms with E-state index in [9.17, 15) is 14.4 Å². The second kappa shape index (κ2) is 12.4. The minimum Gasteiger partial charge on any atom is -0.376 e. The Bertz CT molecular complexity index is 1010. The molecule has 2 saturated heterocycles. The molecule has 2 aromatic carbocycles. The number of hydrogen-bond donors (Lipinski definition) is 3. The monoisotopic (exact) mass is 478 g/mol. The maximum Gasteiger partial charge on any atom is 0.253 e. The van der Waals surface area contributed by atoms with Crippen LogP contribution in [-0.4, -0.2) is 61.5 Å². The second-order valence-electron chi connectivity index (χ2n) is 9.11. The topological polar surface area (TPSA) is 99.8 Å². The van der Waals surface area contributed by atoms with Gasteiger partial charge in [-0.2, -0.15) is 0 Å². The molecule has 3 N–H and O–H groups in total. The number of carbonyl (C=O) groups is 3. The first-order chi connectivity index (χ1) is 17.1. The van der Waals surface area contributed by atoms with Crippen molar-refractivity contribution in [2.45, 2.75) is 44.6 Å². The maximum absolute atomic E-state index is 12.7. The van der Waals surface area contributed by atoms with E-state index in [0.29, 0.717) is 23.4 Å². The van der Waals surface area contributed by atoms with Gasteiger partial charge in [0.05, 0.1) is 12.6 Å². The third-order valence-corrected chi connectivity index (χ3v) is 6.40. The van der Waals surface area contributed by atoms with Crippen LogP contribution in [0.2, 0.25) is 0 Å². The second-order valence-corrected chi connectivity index (χ2v) is 9.11. The van der Waals surface area contributed by atoms with E-state index in [1.165, 1.54) is 12.8 Å². The van der Waals surface area contributed by atoms with E-state index in [1.54, 1.807) is 36.4 Å². The lowest BCUT2D eigenvalue weighted by molar-refractivity contribution is -0.114. The fraction of sp³-hybridized carbons (Fsp3) is 0.444. The van der Waals surface area contributed by atoms with Crippen LogP contribution in [0.5, 0.6) is 0 Å². The summed E-state index contributed by atoms with van der Waals surface area (Å²) in [6.45, 7) is 2.93. The molecule has 8 nitrogen and oxygen atoms in total. The summed E-state index contributed by atoms with van der Waals surface area (Å²) in [5.74, 6) is -0.355.